The fourth-order valence-corrected chi connectivity index (χ4v) is 3.52. The Labute approximate surface area is 110 Å². The lowest BCUT2D eigenvalue weighted by atomic mass is 10.1. The van der Waals surface area contributed by atoms with Crippen LogP contribution in [0.1, 0.15) is 0 Å². The van der Waals surface area contributed by atoms with Crippen LogP contribution in [0.3, 0.4) is 0 Å². The van der Waals surface area contributed by atoms with E-state index in [0.717, 1.165) is 21.6 Å². The lowest BCUT2D eigenvalue weighted by molar-refractivity contribution is -0.140. The van der Waals surface area contributed by atoms with Gasteiger partial charge in [0.15, 0.2) is 5.78 Å². The van der Waals surface area contributed by atoms with Crippen LogP contribution in [0.25, 0.3) is 0 Å². The van der Waals surface area contributed by atoms with Crippen molar-refractivity contribution in [2.45, 2.75) is 17.3 Å². The fourth-order valence-electron chi connectivity index (χ4n) is 0.790. The Morgan fingerprint density at radius 1 is 1.11 bits per heavy atom. The third-order valence-electron chi connectivity index (χ3n) is 1.82. The smallest absolute Gasteiger partial charge is 0.322 e. The van der Waals surface area contributed by atoms with Gasteiger partial charge in [0.2, 0.25) is 0 Å². The van der Waals surface area contributed by atoms with Crippen LogP contribution in [0, 0.1) is 0 Å². The Balaban J connectivity index is 4.39. The standard InChI is InChI=1S/C8H14N2O6S2/c9-3(7(13)14)2-17-18-6(4(12)1-11)5(10)8(15)16/h3,5-6,11H,1-2,9-10H2,(H,13,14)(H,15,16)/t3-,5-,6?/m0/s1. The first-order valence-electron chi connectivity index (χ1n) is 4.69. The molecule has 18 heavy (non-hydrogen) atoms. The zero-order valence-electron chi connectivity index (χ0n) is 9.18. The Morgan fingerprint density at radius 2 is 1.67 bits per heavy atom. The first-order valence-corrected chi connectivity index (χ1v) is 7.08. The largest absolute Gasteiger partial charge is 0.480 e. The molecule has 3 atom stereocenters. The van der Waals surface area contributed by atoms with Crippen LogP contribution in [0.2, 0.25) is 0 Å². The average Bonchev–Trinajstić information content (AvgIpc) is 2.32. The van der Waals surface area contributed by atoms with Crippen molar-refractivity contribution < 1.29 is 29.7 Å². The first kappa shape index (κ1) is 17.2. The molecule has 0 spiro atoms. The van der Waals surface area contributed by atoms with E-state index in [1.807, 2.05) is 0 Å². The Kier molecular flexibility index (Phi) is 7.95. The van der Waals surface area contributed by atoms with Gasteiger partial charge in [-0.05, 0) is 0 Å². The average molecular weight is 298 g/mol. The maximum atomic E-state index is 11.3. The van der Waals surface area contributed by atoms with Crippen molar-refractivity contribution in [1.82, 2.24) is 0 Å². The van der Waals surface area contributed by atoms with Gasteiger partial charge in [-0.1, -0.05) is 21.6 Å². The molecule has 0 saturated heterocycles. The number of rotatable bonds is 9. The van der Waals surface area contributed by atoms with Crippen LogP contribution in [-0.4, -0.2) is 62.7 Å². The molecule has 0 saturated carbocycles. The predicted molar refractivity (Wildman–Crippen MR) is 67.2 cm³/mol. The number of hydrogen-bond donors (Lipinski definition) is 5. The van der Waals surface area contributed by atoms with Crippen molar-refractivity contribution in [3.05, 3.63) is 0 Å². The molecule has 0 bridgehead atoms. The summed E-state index contributed by atoms with van der Waals surface area (Å²) < 4.78 is 0. The molecule has 0 amide bonds. The molecule has 0 aliphatic heterocycles. The highest BCUT2D eigenvalue weighted by atomic mass is 33.1. The second-order valence-corrected chi connectivity index (χ2v) is 5.79. The van der Waals surface area contributed by atoms with Crippen LogP contribution in [0.5, 0.6) is 0 Å². The monoisotopic (exact) mass is 298 g/mol. The van der Waals surface area contributed by atoms with E-state index >= 15 is 0 Å². The molecule has 1 unspecified atom stereocenters. The summed E-state index contributed by atoms with van der Waals surface area (Å²) in [5.41, 5.74) is 10.5. The van der Waals surface area contributed by atoms with E-state index in [0.29, 0.717) is 0 Å². The van der Waals surface area contributed by atoms with E-state index in [2.05, 4.69) is 0 Å². The lowest BCUT2D eigenvalue weighted by Gasteiger charge is -2.17. The quantitative estimate of drug-likeness (QED) is 0.304. The molecule has 10 heteroatoms. The van der Waals surface area contributed by atoms with Crippen molar-refractivity contribution in [2.75, 3.05) is 12.4 Å². The molecule has 0 rings (SSSR count). The molecule has 0 aromatic rings. The van der Waals surface area contributed by atoms with Gasteiger partial charge in [-0.25, -0.2) is 0 Å². The summed E-state index contributed by atoms with van der Waals surface area (Å²) in [6.45, 7) is -0.829. The summed E-state index contributed by atoms with van der Waals surface area (Å²) in [6.07, 6.45) is 0. The number of hydrogen-bond acceptors (Lipinski definition) is 8. The van der Waals surface area contributed by atoms with Crippen molar-refractivity contribution >= 4 is 39.3 Å². The van der Waals surface area contributed by atoms with E-state index in [9.17, 15) is 14.4 Å². The molecule has 0 aliphatic rings. The zero-order valence-corrected chi connectivity index (χ0v) is 10.8. The van der Waals surface area contributed by atoms with Crippen molar-refractivity contribution in [3.63, 3.8) is 0 Å². The van der Waals surface area contributed by atoms with Gasteiger partial charge in [0.25, 0.3) is 0 Å². The first-order chi connectivity index (χ1) is 8.31. The number of Topliss-reactive ketones (excluding diaryl/α,β-unsaturated/α-hetero) is 1. The van der Waals surface area contributed by atoms with Crippen molar-refractivity contribution in [2.24, 2.45) is 11.5 Å². The minimum atomic E-state index is -1.47. The van der Waals surface area contributed by atoms with Gasteiger partial charge in [-0.15, -0.1) is 0 Å². The number of carbonyl (C=O) groups excluding carboxylic acids is 1. The van der Waals surface area contributed by atoms with E-state index in [1.54, 1.807) is 0 Å². The summed E-state index contributed by atoms with van der Waals surface area (Å²) >= 11 is 0. The highest BCUT2D eigenvalue weighted by Gasteiger charge is 2.31. The van der Waals surface area contributed by atoms with Crippen molar-refractivity contribution in [3.8, 4) is 0 Å². The van der Waals surface area contributed by atoms with Crippen LogP contribution in [0.15, 0.2) is 0 Å². The van der Waals surface area contributed by atoms with Gasteiger partial charge >= 0.3 is 11.9 Å². The summed E-state index contributed by atoms with van der Waals surface area (Å²) in [6, 6.07) is -2.59. The van der Waals surface area contributed by atoms with E-state index in [4.69, 9.17) is 26.8 Å². The Bertz CT molecular complexity index is 327. The number of aliphatic carboxylic acids is 2. The summed E-state index contributed by atoms with van der Waals surface area (Å²) in [5, 5.41) is 24.8. The maximum absolute atomic E-state index is 11.3. The van der Waals surface area contributed by atoms with Gasteiger partial charge in [-0.3, -0.25) is 14.4 Å². The third-order valence-corrected chi connectivity index (χ3v) is 4.65. The van der Waals surface area contributed by atoms with Crippen LogP contribution in [0.4, 0.5) is 0 Å². The van der Waals surface area contributed by atoms with Gasteiger partial charge in [0.1, 0.15) is 23.9 Å². The second kappa shape index (κ2) is 8.32. The number of carboxylic acids is 2. The fraction of sp³-hybridized carbons (Fsp3) is 0.625. The molecule has 0 radical (unpaired) electrons. The molecule has 8 nitrogen and oxygen atoms in total. The predicted octanol–water partition coefficient (Wildman–Crippen LogP) is -1.88. The van der Waals surface area contributed by atoms with Crippen molar-refractivity contribution in [1.29, 1.82) is 0 Å². The topological polar surface area (TPSA) is 164 Å². The molecule has 0 fully saturated rings. The minimum absolute atomic E-state index is 0.0124. The summed E-state index contributed by atoms with van der Waals surface area (Å²) in [4.78, 5) is 32.4. The summed E-state index contributed by atoms with van der Waals surface area (Å²) in [5.74, 6) is -3.32. The molecule has 0 heterocycles. The third kappa shape index (κ3) is 5.69. The molecule has 0 aromatic carbocycles. The number of carbonyl (C=O) groups is 3. The normalized spacial score (nSPS) is 15.7. The SMILES string of the molecule is N[C@H](C(=O)O)C(SSC[C@H](N)C(=O)O)C(=O)CO. The zero-order chi connectivity index (χ0) is 14.3. The molecule has 0 aliphatic carbocycles. The maximum Gasteiger partial charge on any atom is 0.322 e. The number of nitrogens with two attached hydrogens (primary N) is 2. The van der Waals surface area contributed by atoms with Crippen LogP contribution < -0.4 is 11.5 Å². The number of aliphatic hydroxyl groups is 1. The Morgan fingerprint density at radius 3 is 2.06 bits per heavy atom. The molecule has 7 N–H and O–H groups in total. The van der Waals surface area contributed by atoms with Gasteiger partial charge in [-0.2, -0.15) is 0 Å². The second-order valence-electron chi connectivity index (χ2n) is 3.23. The number of carboxylic acid groups (broad SMARTS) is 2. The Hall–Kier alpha value is -0.810. The highest BCUT2D eigenvalue weighted by molar-refractivity contribution is 8.77. The minimum Gasteiger partial charge on any atom is -0.480 e. The molecule has 104 valence electrons. The van der Waals surface area contributed by atoms with Crippen LogP contribution in [-0.2, 0) is 14.4 Å². The van der Waals surface area contributed by atoms with Gasteiger partial charge in [0.05, 0.1) is 0 Å². The molecular formula is C8H14N2O6S2. The van der Waals surface area contributed by atoms with Gasteiger partial charge in [0, 0.05) is 5.75 Å². The van der Waals surface area contributed by atoms with E-state index in [-0.39, 0.29) is 5.75 Å². The number of ketones is 1. The van der Waals surface area contributed by atoms with E-state index in [1.165, 1.54) is 0 Å². The number of aliphatic hydroxyl groups excluding tert-OH is 1. The van der Waals surface area contributed by atoms with E-state index < -0.39 is 41.7 Å². The molecule has 0 aromatic heterocycles. The van der Waals surface area contributed by atoms with Gasteiger partial charge < -0.3 is 26.8 Å². The molecular weight excluding hydrogens is 284 g/mol. The van der Waals surface area contributed by atoms with Crippen LogP contribution >= 0.6 is 21.6 Å². The summed E-state index contributed by atoms with van der Waals surface area (Å²) in [7, 11) is 1.72. The lowest BCUT2D eigenvalue weighted by Crippen LogP contribution is -2.45. The highest BCUT2D eigenvalue weighted by Crippen LogP contribution is 2.29.